The first-order chi connectivity index (χ1) is 11.2. The van der Waals surface area contributed by atoms with Crippen LogP contribution in [0.3, 0.4) is 0 Å². The lowest BCUT2D eigenvalue weighted by atomic mass is 10.1. The molecule has 0 aliphatic carbocycles. The SMILES string of the molecule is CC[Si](CC)(CC)c1nc2ccccc2c2c(OC)cccc12. The van der Waals surface area contributed by atoms with Gasteiger partial charge in [-0.15, -0.1) is 0 Å². The van der Waals surface area contributed by atoms with Gasteiger partial charge in [-0.25, -0.2) is 0 Å². The standard InChI is InChI=1S/C20H25NOSi/c1-5-23(6-2,7-3)20-16-12-10-14-18(22-4)19(16)15-11-8-9-13-17(15)21-20/h8-14H,5-7H2,1-4H3. The number of ether oxygens (including phenoxy) is 1. The summed E-state index contributed by atoms with van der Waals surface area (Å²) in [5.41, 5.74) is 1.09. The van der Waals surface area contributed by atoms with E-state index in [4.69, 9.17) is 9.72 Å². The summed E-state index contributed by atoms with van der Waals surface area (Å²) in [7, 11) is 0.180. The minimum atomic E-state index is -1.58. The molecule has 0 radical (unpaired) electrons. The summed E-state index contributed by atoms with van der Waals surface area (Å²) in [5.74, 6) is 0.952. The van der Waals surface area contributed by atoms with Crippen LogP contribution in [0, 0.1) is 0 Å². The maximum atomic E-state index is 5.69. The summed E-state index contributed by atoms with van der Waals surface area (Å²) in [4.78, 5) is 5.17. The van der Waals surface area contributed by atoms with Gasteiger partial charge in [-0.05, 0) is 12.1 Å². The predicted octanol–water partition coefficient (Wildman–Crippen LogP) is 5.11. The van der Waals surface area contributed by atoms with Gasteiger partial charge in [0, 0.05) is 21.5 Å². The van der Waals surface area contributed by atoms with Crippen molar-refractivity contribution in [3.05, 3.63) is 42.5 Å². The summed E-state index contributed by atoms with van der Waals surface area (Å²) < 4.78 is 5.69. The average molecular weight is 324 g/mol. The van der Waals surface area contributed by atoms with Crippen LogP contribution in [0.4, 0.5) is 0 Å². The molecular weight excluding hydrogens is 298 g/mol. The molecule has 0 fully saturated rings. The van der Waals surface area contributed by atoms with Crippen LogP contribution in [0.2, 0.25) is 18.1 Å². The van der Waals surface area contributed by atoms with Crippen LogP contribution in [0.25, 0.3) is 21.7 Å². The van der Waals surface area contributed by atoms with Crippen molar-refractivity contribution >= 4 is 35.1 Å². The van der Waals surface area contributed by atoms with Crippen molar-refractivity contribution in [2.24, 2.45) is 0 Å². The summed E-state index contributed by atoms with van der Waals surface area (Å²) in [6.45, 7) is 7.01. The lowest BCUT2D eigenvalue weighted by molar-refractivity contribution is 0.420. The summed E-state index contributed by atoms with van der Waals surface area (Å²) >= 11 is 0. The van der Waals surface area contributed by atoms with E-state index in [0.29, 0.717) is 0 Å². The molecule has 0 aliphatic rings. The molecule has 3 rings (SSSR count). The minimum absolute atomic E-state index is 0.952. The van der Waals surface area contributed by atoms with E-state index in [9.17, 15) is 0 Å². The third-order valence-electron chi connectivity index (χ3n) is 5.44. The van der Waals surface area contributed by atoms with Gasteiger partial charge in [0.25, 0.3) is 0 Å². The van der Waals surface area contributed by atoms with Crippen LogP contribution >= 0.6 is 0 Å². The molecule has 3 aromatic rings. The second kappa shape index (κ2) is 6.32. The van der Waals surface area contributed by atoms with Gasteiger partial charge in [-0.3, -0.25) is 4.98 Å². The van der Waals surface area contributed by atoms with Crippen LogP contribution in [-0.2, 0) is 0 Å². The van der Waals surface area contributed by atoms with Crippen LogP contribution in [0.1, 0.15) is 20.8 Å². The highest BCUT2D eigenvalue weighted by molar-refractivity contribution is 6.92. The maximum absolute atomic E-state index is 5.69. The normalized spacial score (nSPS) is 12.0. The van der Waals surface area contributed by atoms with Gasteiger partial charge in [-0.2, -0.15) is 0 Å². The summed E-state index contributed by atoms with van der Waals surface area (Å²) in [6.07, 6.45) is 0. The Bertz CT molecular complexity index is 831. The predicted molar refractivity (Wildman–Crippen MR) is 103 cm³/mol. The Morgan fingerprint density at radius 2 is 1.52 bits per heavy atom. The molecule has 0 aliphatic heterocycles. The third kappa shape index (κ3) is 2.43. The molecule has 0 spiro atoms. The molecular formula is C20H25NOSi. The van der Waals surface area contributed by atoms with E-state index < -0.39 is 8.07 Å². The van der Waals surface area contributed by atoms with E-state index in [1.807, 2.05) is 0 Å². The first-order valence-corrected chi connectivity index (χ1v) is 11.2. The molecule has 0 atom stereocenters. The number of nitrogens with zero attached hydrogens (tertiary/aromatic N) is 1. The van der Waals surface area contributed by atoms with Gasteiger partial charge >= 0.3 is 0 Å². The Hall–Kier alpha value is -1.87. The van der Waals surface area contributed by atoms with E-state index in [1.54, 1.807) is 7.11 Å². The zero-order chi connectivity index (χ0) is 16.4. The highest BCUT2D eigenvalue weighted by Gasteiger charge is 2.33. The van der Waals surface area contributed by atoms with Gasteiger partial charge in [0.05, 0.1) is 12.6 Å². The molecule has 0 saturated heterocycles. The highest BCUT2D eigenvalue weighted by atomic mass is 28.3. The molecule has 120 valence electrons. The number of methoxy groups -OCH3 is 1. The highest BCUT2D eigenvalue weighted by Crippen LogP contribution is 2.33. The van der Waals surface area contributed by atoms with E-state index in [-0.39, 0.29) is 0 Å². The van der Waals surface area contributed by atoms with Gasteiger partial charge in [0.1, 0.15) is 13.8 Å². The van der Waals surface area contributed by atoms with Gasteiger partial charge < -0.3 is 4.74 Å². The monoisotopic (exact) mass is 323 g/mol. The number of pyridine rings is 1. The van der Waals surface area contributed by atoms with Crippen molar-refractivity contribution in [2.75, 3.05) is 7.11 Å². The van der Waals surface area contributed by atoms with Crippen molar-refractivity contribution in [2.45, 2.75) is 38.9 Å². The fourth-order valence-corrected chi connectivity index (χ4v) is 7.44. The molecule has 0 amide bonds. The first-order valence-electron chi connectivity index (χ1n) is 8.56. The van der Waals surface area contributed by atoms with Crippen molar-refractivity contribution in [3.63, 3.8) is 0 Å². The fraction of sp³-hybridized carbons (Fsp3) is 0.350. The molecule has 1 aromatic heterocycles. The third-order valence-corrected chi connectivity index (χ3v) is 10.9. The van der Waals surface area contributed by atoms with Crippen molar-refractivity contribution < 1.29 is 4.74 Å². The molecule has 0 bridgehead atoms. The summed E-state index contributed by atoms with van der Waals surface area (Å²) in [5, 5.41) is 5.07. The quantitative estimate of drug-likeness (QED) is 0.481. The largest absolute Gasteiger partial charge is 0.496 e. The lowest BCUT2D eigenvalue weighted by Gasteiger charge is -2.29. The first kappa shape index (κ1) is 16.0. The maximum Gasteiger partial charge on any atom is 0.127 e. The molecule has 1 heterocycles. The van der Waals surface area contributed by atoms with Gasteiger partial charge in [-0.1, -0.05) is 69.2 Å². The number of aromatic nitrogens is 1. The lowest BCUT2D eigenvalue weighted by Crippen LogP contribution is -2.48. The van der Waals surface area contributed by atoms with Crippen molar-refractivity contribution in [1.82, 2.24) is 4.98 Å². The second-order valence-corrected chi connectivity index (χ2v) is 11.4. The Labute approximate surface area is 139 Å². The zero-order valence-corrected chi connectivity index (χ0v) is 15.5. The average Bonchev–Trinajstić information content (AvgIpc) is 2.63. The summed E-state index contributed by atoms with van der Waals surface area (Å²) in [6, 6.07) is 18.5. The number of fused-ring (bicyclic) bond motifs is 3. The molecule has 0 unspecified atom stereocenters. The second-order valence-electron chi connectivity index (χ2n) is 6.20. The Morgan fingerprint density at radius 1 is 0.870 bits per heavy atom. The number of rotatable bonds is 5. The molecule has 2 aromatic carbocycles. The van der Waals surface area contributed by atoms with Gasteiger partial charge in [0.15, 0.2) is 0 Å². The molecule has 0 N–H and O–H groups in total. The van der Waals surface area contributed by atoms with Crippen molar-refractivity contribution in [3.8, 4) is 5.75 Å². The smallest absolute Gasteiger partial charge is 0.127 e. The number of hydrogen-bond donors (Lipinski definition) is 0. The Balaban J connectivity index is 2.51. The number of benzene rings is 2. The number of para-hydroxylation sites is 1. The molecule has 0 saturated carbocycles. The van der Waals surface area contributed by atoms with Crippen molar-refractivity contribution in [1.29, 1.82) is 0 Å². The molecule has 3 heteroatoms. The van der Waals surface area contributed by atoms with Crippen LogP contribution < -0.4 is 10.1 Å². The zero-order valence-electron chi connectivity index (χ0n) is 14.5. The van der Waals surface area contributed by atoms with E-state index in [2.05, 4.69) is 63.2 Å². The molecule has 2 nitrogen and oxygen atoms in total. The topological polar surface area (TPSA) is 22.1 Å². The molecule has 23 heavy (non-hydrogen) atoms. The minimum Gasteiger partial charge on any atom is -0.496 e. The Kier molecular flexibility index (Phi) is 4.40. The fourth-order valence-electron chi connectivity index (χ4n) is 3.80. The van der Waals surface area contributed by atoms with E-state index in [0.717, 1.165) is 11.3 Å². The Morgan fingerprint density at radius 3 is 2.17 bits per heavy atom. The van der Waals surface area contributed by atoms with Crippen LogP contribution in [0.15, 0.2) is 42.5 Å². The van der Waals surface area contributed by atoms with Crippen LogP contribution in [0.5, 0.6) is 5.75 Å². The van der Waals surface area contributed by atoms with E-state index in [1.165, 1.54) is 39.6 Å². The van der Waals surface area contributed by atoms with Gasteiger partial charge in [0.2, 0.25) is 0 Å². The van der Waals surface area contributed by atoms with Crippen LogP contribution in [-0.4, -0.2) is 20.2 Å². The number of hydrogen-bond acceptors (Lipinski definition) is 2. The van der Waals surface area contributed by atoms with E-state index >= 15 is 0 Å².